The molecule has 0 aliphatic heterocycles. The topological polar surface area (TPSA) is 67.8 Å². The molecule has 0 saturated heterocycles. The predicted molar refractivity (Wildman–Crippen MR) is 83.0 cm³/mol. The van der Waals surface area contributed by atoms with Gasteiger partial charge < -0.3 is 0 Å². The molecule has 2 aromatic heterocycles. The summed E-state index contributed by atoms with van der Waals surface area (Å²) in [4.78, 5) is 18.4. The van der Waals surface area contributed by atoms with E-state index in [0.717, 1.165) is 23.6 Å². The minimum atomic E-state index is -0.191. The number of aromatic nitrogens is 3. The van der Waals surface area contributed by atoms with Crippen LogP contribution in [0.3, 0.4) is 0 Å². The number of benzene rings is 1. The number of carbonyl (C=O) groups excluding carboxylic acids is 1. The zero-order valence-corrected chi connectivity index (χ0v) is 12.7. The van der Waals surface area contributed by atoms with E-state index in [-0.39, 0.29) is 5.91 Å². The zero-order valence-electron chi connectivity index (χ0n) is 11.1. The summed E-state index contributed by atoms with van der Waals surface area (Å²) in [7, 11) is 0. The number of hydrogen-bond donors (Lipinski definition) is 1. The van der Waals surface area contributed by atoms with Gasteiger partial charge >= 0.3 is 0 Å². The number of rotatable bonds is 2. The van der Waals surface area contributed by atoms with Gasteiger partial charge in [0.05, 0.1) is 11.4 Å². The summed E-state index contributed by atoms with van der Waals surface area (Å²) in [6, 6.07) is 8.24. The van der Waals surface area contributed by atoms with Crippen molar-refractivity contribution >= 4 is 33.9 Å². The Bertz CT molecular complexity index is 852. The van der Waals surface area contributed by atoms with E-state index < -0.39 is 0 Å². The molecule has 0 bridgehead atoms. The Morgan fingerprint density at radius 2 is 2.19 bits per heavy atom. The van der Waals surface area contributed by atoms with Gasteiger partial charge in [0.1, 0.15) is 4.88 Å². The van der Waals surface area contributed by atoms with E-state index in [1.807, 2.05) is 12.1 Å². The van der Waals surface area contributed by atoms with Crippen LogP contribution in [0.25, 0.3) is 11.3 Å². The number of anilines is 1. The third-order valence-electron chi connectivity index (χ3n) is 3.40. The zero-order chi connectivity index (χ0) is 14.4. The Morgan fingerprint density at radius 1 is 1.33 bits per heavy atom. The third-order valence-corrected chi connectivity index (χ3v) is 5.20. The Balaban J connectivity index is 1.63. The van der Waals surface area contributed by atoms with Gasteiger partial charge in [0.15, 0.2) is 5.13 Å². The smallest absolute Gasteiger partial charge is 0.271 e. The molecule has 0 saturated carbocycles. The number of nitrogens with zero attached hydrogens (tertiary/aromatic N) is 3. The highest BCUT2D eigenvalue weighted by molar-refractivity contribution is 7.16. The largest absolute Gasteiger partial charge is 0.297 e. The Hall–Kier alpha value is -2.12. The number of hydrogen-bond acceptors (Lipinski definition) is 6. The summed E-state index contributed by atoms with van der Waals surface area (Å²) in [6.45, 7) is 1.77. The molecule has 0 atom stereocenters. The van der Waals surface area contributed by atoms with E-state index in [9.17, 15) is 4.79 Å². The van der Waals surface area contributed by atoms with Crippen LogP contribution < -0.4 is 5.32 Å². The quantitative estimate of drug-likeness (QED) is 0.617. The Kier molecular flexibility index (Phi) is 2.83. The second kappa shape index (κ2) is 4.71. The number of carbonyl (C=O) groups is 1. The maximum Gasteiger partial charge on any atom is 0.271 e. The molecule has 1 aliphatic carbocycles. The first kappa shape index (κ1) is 12.6. The van der Waals surface area contributed by atoms with Gasteiger partial charge in [-0.3, -0.25) is 10.1 Å². The molecule has 5 nitrogen and oxygen atoms in total. The standard InChI is InChI=1S/C14H10N4OS2/c1-7-12(21-18-17-7)13(19)16-14-15-11-9-5-3-2-4-8(9)6-10(11)20-14/h2-5H,6H2,1H3,(H,15,16,19). The average molecular weight is 314 g/mol. The van der Waals surface area contributed by atoms with Gasteiger partial charge in [0, 0.05) is 16.9 Å². The summed E-state index contributed by atoms with van der Waals surface area (Å²) >= 11 is 2.63. The fourth-order valence-electron chi connectivity index (χ4n) is 2.41. The van der Waals surface area contributed by atoms with Gasteiger partial charge in [-0.25, -0.2) is 4.98 Å². The molecule has 1 amide bonds. The molecule has 0 fully saturated rings. The first-order valence-electron chi connectivity index (χ1n) is 6.40. The number of fused-ring (bicyclic) bond motifs is 3. The van der Waals surface area contributed by atoms with Crippen molar-refractivity contribution in [3.63, 3.8) is 0 Å². The molecule has 1 aliphatic rings. The van der Waals surface area contributed by atoms with Crippen LogP contribution in [0.2, 0.25) is 0 Å². The lowest BCUT2D eigenvalue weighted by Gasteiger charge is -2.00. The first-order valence-corrected chi connectivity index (χ1v) is 7.99. The summed E-state index contributed by atoms with van der Waals surface area (Å²) in [5, 5.41) is 7.33. The van der Waals surface area contributed by atoms with Gasteiger partial charge in [-0.1, -0.05) is 28.8 Å². The normalized spacial score (nSPS) is 12.0. The first-order chi connectivity index (χ1) is 10.2. The molecule has 2 heterocycles. The second-order valence-electron chi connectivity index (χ2n) is 4.77. The maximum atomic E-state index is 12.2. The van der Waals surface area contributed by atoms with E-state index >= 15 is 0 Å². The monoisotopic (exact) mass is 314 g/mol. The molecule has 1 aromatic carbocycles. The van der Waals surface area contributed by atoms with Crippen molar-refractivity contribution in [2.75, 3.05) is 5.32 Å². The van der Waals surface area contributed by atoms with Crippen LogP contribution in [0.5, 0.6) is 0 Å². The lowest BCUT2D eigenvalue weighted by molar-refractivity contribution is 0.103. The van der Waals surface area contributed by atoms with Crippen molar-refractivity contribution in [2.24, 2.45) is 0 Å². The van der Waals surface area contributed by atoms with Crippen molar-refractivity contribution in [3.8, 4) is 11.3 Å². The van der Waals surface area contributed by atoms with Crippen LogP contribution in [0, 0.1) is 6.92 Å². The van der Waals surface area contributed by atoms with Gasteiger partial charge in [-0.15, -0.1) is 16.4 Å². The minimum Gasteiger partial charge on any atom is -0.297 e. The molecular weight excluding hydrogens is 304 g/mol. The summed E-state index contributed by atoms with van der Waals surface area (Å²) in [5.41, 5.74) is 4.10. The van der Waals surface area contributed by atoms with E-state index in [4.69, 9.17) is 0 Å². The highest BCUT2D eigenvalue weighted by Gasteiger charge is 2.24. The molecule has 0 radical (unpaired) electrons. The molecule has 4 rings (SSSR count). The molecule has 0 spiro atoms. The van der Waals surface area contributed by atoms with Crippen molar-refractivity contribution in [1.29, 1.82) is 0 Å². The van der Waals surface area contributed by atoms with Crippen molar-refractivity contribution in [2.45, 2.75) is 13.3 Å². The maximum absolute atomic E-state index is 12.2. The summed E-state index contributed by atoms with van der Waals surface area (Å²) < 4.78 is 3.78. The van der Waals surface area contributed by atoms with Crippen LogP contribution in [0.15, 0.2) is 24.3 Å². The summed E-state index contributed by atoms with van der Waals surface area (Å²) in [5.74, 6) is -0.191. The lowest BCUT2D eigenvalue weighted by atomic mass is 10.1. The molecule has 7 heteroatoms. The average Bonchev–Trinajstić information content (AvgIpc) is 3.12. The van der Waals surface area contributed by atoms with Crippen LogP contribution >= 0.6 is 22.9 Å². The fraction of sp³-hybridized carbons (Fsp3) is 0.143. The van der Waals surface area contributed by atoms with Crippen molar-refractivity contribution in [3.05, 3.63) is 45.3 Å². The molecule has 3 aromatic rings. The number of nitrogens with one attached hydrogen (secondary N) is 1. The number of amides is 1. The van der Waals surface area contributed by atoms with E-state index in [1.54, 1.807) is 6.92 Å². The fourth-order valence-corrected chi connectivity index (χ4v) is 3.95. The lowest BCUT2D eigenvalue weighted by Crippen LogP contribution is -2.11. The van der Waals surface area contributed by atoms with Gasteiger partial charge in [-0.2, -0.15) is 0 Å². The summed E-state index contributed by atoms with van der Waals surface area (Å²) in [6.07, 6.45) is 0.889. The van der Waals surface area contributed by atoms with E-state index in [2.05, 4.69) is 32.0 Å². The molecule has 0 unspecified atom stereocenters. The molecule has 104 valence electrons. The van der Waals surface area contributed by atoms with Crippen LogP contribution in [0.4, 0.5) is 5.13 Å². The molecule has 1 N–H and O–H groups in total. The van der Waals surface area contributed by atoms with Crippen LogP contribution in [-0.4, -0.2) is 20.5 Å². The number of aryl methyl sites for hydroxylation is 1. The van der Waals surface area contributed by atoms with Gasteiger partial charge in [0.25, 0.3) is 5.91 Å². The van der Waals surface area contributed by atoms with E-state index in [0.29, 0.717) is 15.7 Å². The molecular formula is C14H10N4OS2. The van der Waals surface area contributed by atoms with Crippen LogP contribution in [-0.2, 0) is 6.42 Å². The highest BCUT2D eigenvalue weighted by Crippen LogP contribution is 2.40. The minimum absolute atomic E-state index is 0.191. The Morgan fingerprint density at radius 3 is 3.00 bits per heavy atom. The van der Waals surface area contributed by atoms with Crippen LogP contribution in [0.1, 0.15) is 25.8 Å². The SMILES string of the molecule is Cc1nnsc1C(=O)Nc1nc2c(s1)Cc1ccccc1-2. The molecule has 21 heavy (non-hydrogen) atoms. The van der Waals surface area contributed by atoms with E-state index in [1.165, 1.54) is 27.3 Å². The van der Waals surface area contributed by atoms with Crippen molar-refractivity contribution in [1.82, 2.24) is 14.6 Å². The predicted octanol–water partition coefficient (Wildman–Crippen LogP) is 3.13. The Labute approximate surface area is 128 Å². The van der Waals surface area contributed by atoms with Gasteiger partial charge in [0.2, 0.25) is 0 Å². The number of thiazole rings is 1. The second-order valence-corrected chi connectivity index (χ2v) is 6.60. The van der Waals surface area contributed by atoms with Gasteiger partial charge in [-0.05, 0) is 24.0 Å². The third kappa shape index (κ3) is 2.05. The highest BCUT2D eigenvalue weighted by atomic mass is 32.1. The van der Waals surface area contributed by atoms with Crippen molar-refractivity contribution < 1.29 is 4.79 Å².